The van der Waals surface area contributed by atoms with Gasteiger partial charge >= 0.3 is 7.12 Å². The van der Waals surface area contributed by atoms with Gasteiger partial charge in [0.05, 0.1) is 29.8 Å². The lowest BCUT2D eigenvalue weighted by Gasteiger charge is -2.64. The zero-order valence-electron chi connectivity index (χ0n) is 19.9. The summed E-state index contributed by atoms with van der Waals surface area (Å²) in [5, 5.41) is 5.29. The molecule has 3 saturated carbocycles. The molecule has 1 saturated heterocycles. The first-order chi connectivity index (χ1) is 15.4. The van der Waals surface area contributed by atoms with Crippen LogP contribution in [0.3, 0.4) is 0 Å². The smallest absolute Gasteiger partial charge is 0.404 e. The van der Waals surface area contributed by atoms with Gasteiger partial charge < -0.3 is 19.9 Å². The second kappa shape index (κ2) is 8.66. The lowest BCUT2D eigenvalue weighted by Crippen LogP contribution is -2.65. The van der Waals surface area contributed by atoms with Gasteiger partial charge in [0.25, 0.3) is 5.91 Å². The number of carbonyl (C=O) groups excluding carboxylic acids is 2. The number of hydrogen-bond acceptors (Lipinski definition) is 4. The highest BCUT2D eigenvalue weighted by Crippen LogP contribution is 2.65. The van der Waals surface area contributed by atoms with E-state index in [1.165, 1.54) is 0 Å². The molecule has 1 aromatic carbocycles. The first kappa shape index (κ1) is 24.1. The van der Waals surface area contributed by atoms with Crippen LogP contribution in [0.4, 0.5) is 8.78 Å². The van der Waals surface area contributed by atoms with Crippen molar-refractivity contribution in [2.45, 2.75) is 71.5 Å². The van der Waals surface area contributed by atoms with Crippen LogP contribution in [0, 0.1) is 34.8 Å². The first-order valence-corrected chi connectivity index (χ1v) is 11.8. The second-order valence-corrected chi connectivity index (χ2v) is 10.9. The Morgan fingerprint density at radius 1 is 1.21 bits per heavy atom. The number of carbonyl (C=O) groups is 2. The number of benzene rings is 1. The van der Waals surface area contributed by atoms with Crippen molar-refractivity contribution in [1.82, 2.24) is 10.6 Å². The Morgan fingerprint density at radius 2 is 1.94 bits per heavy atom. The molecule has 2 N–H and O–H groups in total. The summed E-state index contributed by atoms with van der Waals surface area (Å²) in [5.41, 5.74) is -0.606. The molecule has 4 aliphatic rings. The van der Waals surface area contributed by atoms with Crippen LogP contribution in [0.5, 0.6) is 0 Å². The van der Waals surface area contributed by atoms with Crippen LogP contribution in [-0.2, 0) is 14.1 Å². The van der Waals surface area contributed by atoms with Crippen molar-refractivity contribution in [3.63, 3.8) is 0 Å². The molecule has 9 heteroatoms. The van der Waals surface area contributed by atoms with E-state index in [-0.39, 0.29) is 35.5 Å². The molecule has 2 amide bonds. The monoisotopic (exact) mass is 462 g/mol. The Hall–Kier alpha value is -2.00. The van der Waals surface area contributed by atoms with Crippen molar-refractivity contribution < 1.29 is 27.7 Å². The molecule has 1 heterocycles. The lowest BCUT2D eigenvalue weighted by molar-refractivity contribution is -0.199. The van der Waals surface area contributed by atoms with E-state index in [4.69, 9.17) is 9.31 Å². The first-order valence-electron chi connectivity index (χ1n) is 11.8. The summed E-state index contributed by atoms with van der Waals surface area (Å²) < 4.78 is 40.0. The minimum absolute atomic E-state index is 0.00138. The van der Waals surface area contributed by atoms with Gasteiger partial charge in [-0.1, -0.05) is 27.7 Å². The zero-order chi connectivity index (χ0) is 24.1. The number of nitrogens with one attached hydrogen (secondary N) is 2. The van der Waals surface area contributed by atoms with Crippen LogP contribution in [0.25, 0.3) is 0 Å². The molecule has 0 spiro atoms. The molecule has 5 atom stereocenters. The van der Waals surface area contributed by atoms with Crippen LogP contribution < -0.4 is 10.6 Å². The molecule has 1 aliphatic heterocycles. The molecular weight excluding hydrogens is 429 g/mol. The van der Waals surface area contributed by atoms with E-state index < -0.39 is 36.1 Å². The van der Waals surface area contributed by atoms with Crippen LogP contribution in [-0.4, -0.2) is 43.1 Å². The van der Waals surface area contributed by atoms with Gasteiger partial charge in [-0.2, -0.15) is 0 Å². The number of hydrogen-bond donors (Lipinski definition) is 2. The second-order valence-electron chi connectivity index (χ2n) is 10.9. The van der Waals surface area contributed by atoms with Crippen LogP contribution in [0.15, 0.2) is 18.2 Å². The van der Waals surface area contributed by atoms with Crippen molar-refractivity contribution in [3.05, 3.63) is 35.4 Å². The van der Waals surface area contributed by atoms with Crippen molar-refractivity contribution in [2.24, 2.45) is 23.2 Å². The van der Waals surface area contributed by atoms with E-state index in [9.17, 15) is 18.4 Å². The minimum atomic E-state index is -0.850. The maximum Gasteiger partial charge on any atom is 0.481 e. The Kier molecular flexibility index (Phi) is 6.33. The standard InChI is InChI=1S/C24H33BF2N2O4/c1-13(2)8-20(25-32-19-10-14-9-18(23(14,3)4)24(19,5)33-25)29-21(30)12-28-22(31)16-11-15(26)6-7-17(16)27/h6-7,11,13-14,18-20H,8-10,12H2,1-5H3,(H,28,31)(H,29,30)/t14?,18-,19+,20-,24-/m0/s1. The molecule has 1 aromatic rings. The van der Waals surface area contributed by atoms with Crippen LogP contribution >= 0.6 is 0 Å². The lowest BCUT2D eigenvalue weighted by atomic mass is 9.43. The third-order valence-corrected chi connectivity index (χ3v) is 7.95. The third-order valence-electron chi connectivity index (χ3n) is 7.95. The fourth-order valence-corrected chi connectivity index (χ4v) is 6.00. The van der Waals surface area contributed by atoms with Gasteiger partial charge in [0.15, 0.2) is 0 Å². The molecular formula is C24H33BF2N2O4. The fourth-order valence-electron chi connectivity index (χ4n) is 6.00. The molecule has 1 unspecified atom stereocenters. The Bertz CT molecular complexity index is 943. The molecule has 5 rings (SSSR count). The Labute approximate surface area is 194 Å². The molecule has 0 aromatic heterocycles. The predicted octanol–water partition coefficient (Wildman–Crippen LogP) is 3.49. The zero-order valence-corrected chi connectivity index (χ0v) is 19.9. The van der Waals surface area contributed by atoms with Crippen LogP contribution in [0.1, 0.15) is 64.2 Å². The van der Waals surface area contributed by atoms with Crippen molar-refractivity contribution in [2.75, 3.05) is 6.54 Å². The predicted molar refractivity (Wildman–Crippen MR) is 120 cm³/mol. The highest BCUT2D eigenvalue weighted by atomic mass is 19.1. The third kappa shape index (κ3) is 4.42. The Morgan fingerprint density at radius 3 is 2.61 bits per heavy atom. The van der Waals surface area contributed by atoms with Gasteiger partial charge in [-0.25, -0.2) is 8.78 Å². The van der Waals surface area contributed by atoms with E-state index in [1.807, 2.05) is 0 Å². The maximum atomic E-state index is 13.8. The fraction of sp³-hybridized carbons (Fsp3) is 0.667. The minimum Gasteiger partial charge on any atom is -0.404 e. The summed E-state index contributed by atoms with van der Waals surface area (Å²) in [6.07, 6.45) is 2.73. The topological polar surface area (TPSA) is 76.7 Å². The highest BCUT2D eigenvalue weighted by molar-refractivity contribution is 6.47. The molecule has 3 aliphatic carbocycles. The normalized spacial score (nSPS) is 30.4. The average molecular weight is 462 g/mol. The molecule has 180 valence electrons. The van der Waals surface area contributed by atoms with E-state index in [0.717, 1.165) is 31.0 Å². The maximum absolute atomic E-state index is 13.8. The summed E-state index contributed by atoms with van der Waals surface area (Å²) in [6, 6.07) is 2.61. The average Bonchev–Trinajstić information content (AvgIpc) is 3.10. The van der Waals surface area contributed by atoms with Crippen molar-refractivity contribution in [3.8, 4) is 0 Å². The number of rotatable bonds is 7. The van der Waals surface area contributed by atoms with Gasteiger partial charge in [0.1, 0.15) is 11.6 Å². The SMILES string of the molecule is CC(C)C[C@H](NC(=O)CNC(=O)c1cc(F)ccc1F)B1O[C@@H]2CC3C[C@@H](C3(C)C)[C@]2(C)O1. The number of amides is 2. The summed E-state index contributed by atoms with van der Waals surface area (Å²) in [6.45, 7) is 10.5. The summed E-state index contributed by atoms with van der Waals surface area (Å²) in [4.78, 5) is 24.9. The summed E-state index contributed by atoms with van der Waals surface area (Å²) in [7, 11) is -0.571. The molecule has 6 nitrogen and oxygen atoms in total. The summed E-state index contributed by atoms with van der Waals surface area (Å²) >= 11 is 0. The van der Waals surface area contributed by atoms with Gasteiger partial charge in [0, 0.05) is 0 Å². The summed E-state index contributed by atoms with van der Waals surface area (Å²) in [5.74, 6) is -1.94. The Balaban J connectivity index is 1.39. The van der Waals surface area contributed by atoms with Gasteiger partial charge in [-0.15, -0.1) is 0 Å². The van der Waals surface area contributed by atoms with E-state index in [1.54, 1.807) is 0 Å². The molecule has 2 bridgehead atoms. The van der Waals surface area contributed by atoms with Crippen LogP contribution in [0.2, 0.25) is 0 Å². The van der Waals surface area contributed by atoms with E-state index in [0.29, 0.717) is 18.3 Å². The van der Waals surface area contributed by atoms with Gasteiger partial charge in [0.2, 0.25) is 5.91 Å². The molecule has 0 radical (unpaired) electrons. The molecule has 33 heavy (non-hydrogen) atoms. The van der Waals surface area contributed by atoms with Crippen molar-refractivity contribution >= 4 is 18.9 Å². The highest BCUT2D eigenvalue weighted by Gasteiger charge is 2.68. The molecule has 4 fully saturated rings. The largest absolute Gasteiger partial charge is 0.481 e. The van der Waals surface area contributed by atoms with Crippen molar-refractivity contribution in [1.29, 1.82) is 0 Å². The van der Waals surface area contributed by atoms with E-state index >= 15 is 0 Å². The van der Waals surface area contributed by atoms with Gasteiger partial charge in [-0.3, -0.25) is 9.59 Å². The van der Waals surface area contributed by atoms with E-state index in [2.05, 4.69) is 45.3 Å². The number of halogens is 2. The quantitative estimate of drug-likeness (QED) is 0.609. The van der Waals surface area contributed by atoms with Gasteiger partial charge in [-0.05, 0) is 67.6 Å².